The highest BCUT2D eigenvalue weighted by Crippen LogP contribution is 2.38. The van der Waals surface area contributed by atoms with Crippen LogP contribution in [0.15, 0.2) is 16.9 Å². The Bertz CT molecular complexity index is 1020. The summed E-state index contributed by atoms with van der Waals surface area (Å²) in [6.45, 7) is 4.36. The molecule has 0 spiro atoms. The molecule has 11 heteroatoms. The third-order valence-electron chi connectivity index (χ3n) is 5.32. The number of fused-ring (bicyclic) bond motifs is 1. The van der Waals surface area contributed by atoms with Crippen molar-refractivity contribution < 1.29 is 32.5 Å². The average Bonchev–Trinajstić information content (AvgIpc) is 2.75. The zero-order valence-electron chi connectivity index (χ0n) is 18.2. The van der Waals surface area contributed by atoms with E-state index >= 15 is 0 Å². The van der Waals surface area contributed by atoms with Gasteiger partial charge in [-0.05, 0) is 61.9 Å². The molecule has 1 aliphatic carbocycles. The van der Waals surface area contributed by atoms with Crippen LogP contribution in [0.1, 0.15) is 46.8 Å². The molecule has 2 aromatic rings. The number of hydrogen-bond donors (Lipinski definition) is 3. The van der Waals surface area contributed by atoms with Crippen molar-refractivity contribution in [3.8, 4) is 11.5 Å². The molecule has 8 nitrogen and oxygen atoms in total. The lowest BCUT2D eigenvalue weighted by Gasteiger charge is -2.28. The fourth-order valence-corrected chi connectivity index (χ4v) is 3.45. The first-order valence-corrected chi connectivity index (χ1v) is 9.82. The fraction of sp³-hybridized carbons (Fsp3) is 0.476. The first-order valence-electron chi connectivity index (χ1n) is 9.82. The van der Waals surface area contributed by atoms with E-state index in [-0.39, 0.29) is 11.6 Å². The van der Waals surface area contributed by atoms with E-state index in [9.17, 15) is 18.0 Å². The maximum Gasteiger partial charge on any atom is 0.490 e. The van der Waals surface area contributed by atoms with E-state index in [1.54, 1.807) is 14.2 Å². The second-order valence-corrected chi connectivity index (χ2v) is 7.28. The van der Waals surface area contributed by atoms with Gasteiger partial charge < -0.3 is 19.9 Å². The molecule has 1 heterocycles. The van der Waals surface area contributed by atoms with Gasteiger partial charge in [0.1, 0.15) is 0 Å². The van der Waals surface area contributed by atoms with Gasteiger partial charge in [-0.2, -0.15) is 18.3 Å². The number of alkyl halides is 3. The van der Waals surface area contributed by atoms with Crippen LogP contribution >= 0.6 is 0 Å². The number of ether oxygens (including phenoxy) is 2. The van der Waals surface area contributed by atoms with Crippen molar-refractivity contribution >= 4 is 5.97 Å². The summed E-state index contributed by atoms with van der Waals surface area (Å²) >= 11 is 0. The number of carboxylic acids is 1. The molecule has 0 radical (unpaired) electrons. The van der Waals surface area contributed by atoms with Crippen LogP contribution in [0.4, 0.5) is 13.2 Å². The molecule has 0 fully saturated rings. The number of aliphatic carboxylic acids is 1. The maximum absolute atomic E-state index is 12.1. The van der Waals surface area contributed by atoms with Crippen LogP contribution in [0.2, 0.25) is 0 Å². The third-order valence-corrected chi connectivity index (χ3v) is 5.32. The first kappa shape index (κ1) is 25.2. The maximum atomic E-state index is 12.1. The quantitative estimate of drug-likeness (QED) is 0.632. The second kappa shape index (κ2) is 10.5. The number of halogens is 3. The highest BCUT2D eigenvalue weighted by molar-refractivity contribution is 5.73. The van der Waals surface area contributed by atoms with Crippen molar-refractivity contribution in [3.63, 3.8) is 0 Å². The minimum absolute atomic E-state index is 0.126. The molecule has 1 atom stereocenters. The predicted octanol–water partition coefficient (Wildman–Crippen LogP) is 3.20. The molecule has 176 valence electrons. The zero-order chi connectivity index (χ0) is 24.1. The van der Waals surface area contributed by atoms with Gasteiger partial charge in [0.15, 0.2) is 11.5 Å². The Kier molecular flexibility index (Phi) is 8.25. The van der Waals surface area contributed by atoms with E-state index in [1.807, 2.05) is 13.8 Å². The van der Waals surface area contributed by atoms with Crippen molar-refractivity contribution in [3.05, 3.63) is 50.4 Å². The van der Waals surface area contributed by atoms with E-state index in [0.717, 1.165) is 47.6 Å². The average molecular weight is 457 g/mol. The largest absolute Gasteiger partial charge is 0.493 e. The number of nitrogens with one attached hydrogen (secondary N) is 2. The Morgan fingerprint density at radius 1 is 1.25 bits per heavy atom. The second-order valence-electron chi connectivity index (χ2n) is 7.28. The molecule has 0 bridgehead atoms. The van der Waals surface area contributed by atoms with Crippen LogP contribution in [0.3, 0.4) is 0 Å². The van der Waals surface area contributed by atoms with Gasteiger partial charge in [0, 0.05) is 18.2 Å². The third kappa shape index (κ3) is 6.00. The van der Waals surface area contributed by atoms with E-state index in [0.29, 0.717) is 6.54 Å². The van der Waals surface area contributed by atoms with E-state index < -0.39 is 12.1 Å². The summed E-state index contributed by atoms with van der Waals surface area (Å²) in [6.07, 6.45) is -1.92. The molecule has 0 saturated heterocycles. The lowest BCUT2D eigenvalue weighted by molar-refractivity contribution is -0.192. The number of H-pyrrole nitrogens is 1. The number of methoxy groups -OCH3 is 2. The molecule has 1 unspecified atom stereocenters. The Morgan fingerprint density at radius 3 is 2.41 bits per heavy atom. The van der Waals surface area contributed by atoms with Crippen LogP contribution in [-0.2, 0) is 17.8 Å². The molecule has 1 aromatic carbocycles. The predicted molar refractivity (Wildman–Crippen MR) is 110 cm³/mol. The highest BCUT2D eigenvalue weighted by atomic mass is 19.4. The number of carbonyl (C=O) groups is 1. The summed E-state index contributed by atoms with van der Waals surface area (Å²) in [5.41, 5.74) is 4.92. The minimum atomic E-state index is -5.08. The van der Waals surface area contributed by atoms with Crippen molar-refractivity contribution in [1.29, 1.82) is 0 Å². The molecule has 0 amide bonds. The topological polar surface area (TPSA) is 114 Å². The molecule has 32 heavy (non-hydrogen) atoms. The lowest BCUT2D eigenvalue weighted by Crippen LogP contribution is -2.29. The summed E-state index contributed by atoms with van der Waals surface area (Å²) in [7, 11) is 3.31. The van der Waals surface area contributed by atoms with E-state index in [2.05, 4.69) is 27.6 Å². The minimum Gasteiger partial charge on any atom is -0.493 e. The summed E-state index contributed by atoms with van der Waals surface area (Å²) < 4.78 is 42.6. The number of aromatic nitrogens is 2. The number of rotatable bonds is 5. The van der Waals surface area contributed by atoms with E-state index in [4.69, 9.17) is 19.4 Å². The molecule has 3 rings (SSSR count). The Morgan fingerprint density at radius 2 is 1.84 bits per heavy atom. The lowest BCUT2D eigenvalue weighted by atomic mass is 9.87. The van der Waals surface area contributed by atoms with Gasteiger partial charge in [0.25, 0.3) is 5.56 Å². The smallest absolute Gasteiger partial charge is 0.490 e. The molecular weight excluding hydrogens is 431 g/mol. The summed E-state index contributed by atoms with van der Waals surface area (Å²) in [5, 5.41) is 17.3. The molecule has 3 N–H and O–H groups in total. The van der Waals surface area contributed by atoms with Crippen molar-refractivity contribution in [2.75, 3.05) is 14.2 Å². The molecule has 0 aliphatic heterocycles. The summed E-state index contributed by atoms with van der Waals surface area (Å²) in [5.74, 6) is -1.25. The number of aryl methyl sites for hydroxylation is 2. The number of benzene rings is 1. The number of hydrogen-bond acceptors (Lipinski definition) is 6. The van der Waals surface area contributed by atoms with Gasteiger partial charge in [0.2, 0.25) is 0 Å². The van der Waals surface area contributed by atoms with Crippen LogP contribution < -0.4 is 20.3 Å². The molecule has 1 aromatic heterocycles. The highest BCUT2D eigenvalue weighted by Gasteiger charge is 2.38. The zero-order valence-corrected chi connectivity index (χ0v) is 18.2. The standard InChI is InChI=1S/C19H25N3O3.C2HF3O2/c1-11-12(2)21-22-19(23)15(11)10-20-16-7-5-6-13-8-17(24-3)18(25-4)9-14(13)16;3-2(4,5)1(6)7/h8-9,16,20H,5-7,10H2,1-4H3,(H,22,23);(H,6,7). The fourth-order valence-electron chi connectivity index (χ4n) is 3.45. The Hall–Kier alpha value is -3.08. The number of aromatic amines is 1. The monoisotopic (exact) mass is 457 g/mol. The Balaban J connectivity index is 0.000000451. The van der Waals surface area contributed by atoms with Crippen LogP contribution in [0.5, 0.6) is 11.5 Å². The number of nitrogens with zero attached hydrogens (tertiary/aromatic N) is 1. The van der Waals surface area contributed by atoms with Gasteiger partial charge >= 0.3 is 12.1 Å². The number of carboxylic acid groups (broad SMARTS) is 1. The van der Waals surface area contributed by atoms with Gasteiger partial charge in [-0.3, -0.25) is 4.79 Å². The summed E-state index contributed by atoms with van der Waals surface area (Å²) in [6, 6.07) is 4.31. The van der Waals surface area contributed by atoms with Gasteiger partial charge in [-0.1, -0.05) is 0 Å². The van der Waals surface area contributed by atoms with Crippen molar-refractivity contribution in [1.82, 2.24) is 15.5 Å². The molecular formula is C21H26F3N3O5. The van der Waals surface area contributed by atoms with Crippen LogP contribution in [0, 0.1) is 13.8 Å². The van der Waals surface area contributed by atoms with E-state index in [1.165, 1.54) is 11.1 Å². The van der Waals surface area contributed by atoms with Crippen molar-refractivity contribution in [2.45, 2.75) is 51.9 Å². The Labute approximate surface area is 182 Å². The van der Waals surface area contributed by atoms with Crippen LogP contribution in [0.25, 0.3) is 0 Å². The van der Waals surface area contributed by atoms with Gasteiger partial charge in [-0.25, -0.2) is 9.89 Å². The van der Waals surface area contributed by atoms with Gasteiger partial charge in [0.05, 0.1) is 19.9 Å². The SMILES string of the molecule is COc1cc2c(cc1OC)C(NCc1c(C)c(C)n[nH]c1=O)CCC2.O=C(O)C(F)(F)F. The molecule has 1 aliphatic rings. The normalized spacial score (nSPS) is 15.3. The van der Waals surface area contributed by atoms with Gasteiger partial charge in [-0.15, -0.1) is 0 Å². The summed E-state index contributed by atoms with van der Waals surface area (Å²) in [4.78, 5) is 21.0. The van der Waals surface area contributed by atoms with Crippen molar-refractivity contribution in [2.24, 2.45) is 0 Å². The first-order chi connectivity index (χ1) is 15.0. The van der Waals surface area contributed by atoms with Crippen LogP contribution in [-0.4, -0.2) is 41.7 Å². The molecule has 0 saturated carbocycles.